The second-order valence-electron chi connectivity index (χ2n) is 5.20. The lowest BCUT2D eigenvalue weighted by Crippen LogP contribution is -2.17. The van der Waals surface area contributed by atoms with Gasteiger partial charge < -0.3 is 9.64 Å². The smallest absolute Gasteiger partial charge is 0.406 e. The molecule has 0 aliphatic heterocycles. The number of hydrogen-bond acceptors (Lipinski definition) is 2. The van der Waals surface area contributed by atoms with Crippen LogP contribution in [0.4, 0.5) is 32.0 Å². The van der Waals surface area contributed by atoms with Crippen LogP contribution in [0.5, 0.6) is 5.75 Å². The monoisotopic (exact) mass is 349 g/mol. The normalized spacial score (nSPS) is 12.2. The number of nitrogens with zero attached hydrogens (tertiary/aromatic N) is 1. The number of hydrogen-bond donors (Lipinski definition) is 0. The van der Waals surface area contributed by atoms with Crippen LogP contribution >= 0.6 is 0 Å². The molecule has 24 heavy (non-hydrogen) atoms. The van der Waals surface area contributed by atoms with E-state index in [-0.39, 0.29) is 5.69 Å². The Balaban J connectivity index is 2.46. The van der Waals surface area contributed by atoms with Gasteiger partial charge in [-0.05, 0) is 35.4 Å². The second kappa shape index (κ2) is 6.26. The average Bonchev–Trinajstić information content (AvgIpc) is 2.44. The molecule has 0 spiro atoms. The van der Waals surface area contributed by atoms with Crippen LogP contribution in [0.15, 0.2) is 42.5 Å². The summed E-state index contributed by atoms with van der Waals surface area (Å²) >= 11 is 0. The van der Waals surface area contributed by atoms with Crippen LogP contribution in [0.3, 0.4) is 0 Å². The Morgan fingerprint density at radius 3 is 2.00 bits per heavy atom. The van der Waals surface area contributed by atoms with Gasteiger partial charge in [0, 0.05) is 19.8 Å². The first kappa shape index (κ1) is 18.0. The summed E-state index contributed by atoms with van der Waals surface area (Å²) in [5, 5.41) is 0. The Morgan fingerprint density at radius 2 is 1.46 bits per heavy atom. The fourth-order valence-corrected chi connectivity index (χ4v) is 2.19. The van der Waals surface area contributed by atoms with E-state index in [1.165, 1.54) is 43.3 Å². The molecule has 2 aromatic carbocycles. The molecule has 0 amide bonds. The average molecular weight is 349 g/mol. The maximum atomic E-state index is 13.0. The zero-order valence-electron chi connectivity index (χ0n) is 12.7. The maximum absolute atomic E-state index is 13.0. The molecule has 8 heteroatoms. The lowest BCUT2D eigenvalue weighted by molar-refractivity contribution is -0.274. The summed E-state index contributed by atoms with van der Waals surface area (Å²) in [6, 6.07) is 8.46. The molecule has 0 saturated carbocycles. The molecule has 0 atom stereocenters. The van der Waals surface area contributed by atoms with E-state index in [9.17, 15) is 26.3 Å². The number of ether oxygens (including phenoxy) is 1. The maximum Gasteiger partial charge on any atom is 0.573 e. The molecule has 2 aromatic rings. The molecule has 0 heterocycles. The van der Waals surface area contributed by atoms with E-state index in [2.05, 4.69) is 4.74 Å². The minimum atomic E-state index is -4.84. The van der Waals surface area contributed by atoms with Gasteiger partial charge in [-0.1, -0.05) is 18.2 Å². The van der Waals surface area contributed by atoms with Crippen molar-refractivity contribution in [2.75, 3.05) is 19.0 Å². The van der Waals surface area contributed by atoms with Gasteiger partial charge in [-0.25, -0.2) is 0 Å². The van der Waals surface area contributed by atoms with Crippen molar-refractivity contribution >= 4 is 5.69 Å². The van der Waals surface area contributed by atoms with Crippen LogP contribution in [-0.2, 0) is 6.18 Å². The first-order valence-electron chi connectivity index (χ1n) is 6.72. The van der Waals surface area contributed by atoms with E-state index >= 15 is 0 Å². The summed E-state index contributed by atoms with van der Waals surface area (Å²) in [6.45, 7) is 0. The van der Waals surface area contributed by atoms with Crippen LogP contribution in [0, 0.1) is 0 Å². The topological polar surface area (TPSA) is 12.5 Å². The Labute approximate surface area is 134 Å². The third-order valence-corrected chi connectivity index (χ3v) is 3.19. The fourth-order valence-electron chi connectivity index (χ4n) is 2.19. The molecule has 0 fully saturated rings. The van der Waals surface area contributed by atoms with Crippen molar-refractivity contribution in [2.45, 2.75) is 12.5 Å². The fraction of sp³-hybridized carbons (Fsp3) is 0.250. The molecule has 0 aliphatic carbocycles. The van der Waals surface area contributed by atoms with Crippen LogP contribution in [-0.4, -0.2) is 20.5 Å². The first-order valence-corrected chi connectivity index (χ1v) is 6.72. The van der Waals surface area contributed by atoms with Crippen molar-refractivity contribution in [1.29, 1.82) is 0 Å². The Morgan fingerprint density at radius 1 is 0.833 bits per heavy atom. The highest BCUT2D eigenvalue weighted by molar-refractivity contribution is 5.71. The molecule has 0 bridgehead atoms. The first-order chi connectivity index (χ1) is 11.0. The van der Waals surface area contributed by atoms with Gasteiger partial charge in [0.25, 0.3) is 0 Å². The van der Waals surface area contributed by atoms with Crippen LogP contribution in [0.2, 0.25) is 0 Å². The number of benzene rings is 2. The van der Waals surface area contributed by atoms with Gasteiger partial charge in [-0.2, -0.15) is 13.2 Å². The number of alkyl halides is 6. The van der Waals surface area contributed by atoms with Gasteiger partial charge in [0.05, 0.1) is 5.56 Å². The van der Waals surface area contributed by atoms with Crippen molar-refractivity contribution in [3.63, 3.8) is 0 Å². The zero-order chi connectivity index (χ0) is 18.1. The van der Waals surface area contributed by atoms with E-state index in [1.807, 2.05) is 0 Å². The molecule has 130 valence electrons. The van der Waals surface area contributed by atoms with E-state index in [4.69, 9.17) is 0 Å². The highest BCUT2D eigenvalue weighted by atomic mass is 19.4. The van der Waals surface area contributed by atoms with Gasteiger partial charge in [-0.15, -0.1) is 13.2 Å². The molecule has 0 saturated heterocycles. The van der Waals surface area contributed by atoms with Gasteiger partial charge in [0.15, 0.2) is 0 Å². The van der Waals surface area contributed by atoms with Crippen molar-refractivity contribution in [3.8, 4) is 16.9 Å². The van der Waals surface area contributed by atoms with Gasteiger partial charge in [0.2, 0.25) is 0 Å². The second-order valence-corrected chi connectivity index (χ2v) is 5.20. The number of halogens is 6. The molecule has 2 rings (SSSR count). The lowest BCUT2D eigenvalue weighted by Gasteiger charge is -2.20. The molecule has 0 N–H and O–H groups in total. The standard InChI is InChI=1S/C16H13F6NO/c1-23(2)14-9-11(6-7-13(14)15(17,18)19)10-4-3-5-12(8-10)24-16(20,21)22/h3-9H,1-2H3. The quantitative estimate of drug-likeness (QED) is 0.694. The molecule has 2 nitrogen and oxygen atoms in total. The zero-order valence-corrected chi connectivity index (χ0v) is 12.7. The van der Waals surface area contributed by atoms with Gasteiger partial charge in [0.1, 0.15) is 5.75 Å². The van der Waals surface area contributed by atoms with E-state index in [0.717, 1.165) is 18.2 Å². The van der Waals surface area contributed by atoms with Crippen molar-refractivity contribution in [2.24, 2.45) is 0 Å². The van der Waals surface area contributed by atoms with Gasteiger partial charge in [-0.3, -0.25) is 0 Å². The highest BCUT2D eigenvalue weighted by Gasteiger charge is 2.34. The van der Waals surface area contributed by atoms with E-state index in [0.29, 0.717) is 11.1 Å². The lowest BCUT2D eigenvalue weighted by atomic mass is 10.0. The Hall–Kier alpha value is -2.38. The molecule has 0 aliphatic rings. The van der Waals surface area contributed by atoms with E-state index < -0.39 is 23.9 Å². The molecule has 0 aromatic heterocycles. The highest BCUT2D eigenvalue weighted by Crippen LogP contribution is 2.38. The predicted octanol–water partition coefficient (Wildman–Crippen LogP) is 5.34. The van der Waals surface area contributed by atoms with Crippen molar-refractivity contribution in [1.82, 2.24) is 0 Å². The third kappa shape index (κ3) is 4.33. The summed E-state index contributed by atoms with van der Waals surface area (Å²) < 4.78 is 79.7. The largest absolute Gasteiger partial charge is 0.573 e. The van der Waals surface area contributed by atoms with Crippen molar-refractivity contribution in [3.05, 3.63) is 48.0 Å². The number of anilines is 1. The Kier molecular flexibility index (Phi) is 4.68. The van der Waals surface area contributed by atoms with Crippen LogP contribution in [0.1, 0.15) is 5.56 Å². The summed E-state index contributed by atoms with van der Waals surface area (Å²) in [5.41, 5.74) is -0.242. The molecule has 0 unspecified atom stereocenters. The molecule has 0 radical (unpaired) electrons. The van der Waals surface area contributed by atoms with Gasteiger partial charge >= 0.3 is 12.5 Å². The van der Waals surface area contributed by atoms with Crippen LogP contribution < -0.4 is 9.64 Å². The van der Waals surface area contributed by atoms with Crippen LogP contribution in [0.25, 0.3) is 11.1 Å². The summed E-state index contributed by atoms with van der Waals surface area (Å²) in [6.07, 6.45) is -9.37. The van der Waals surface area contributed by atoms with Crippen molar-refractivity contribution < 1.29 is 31.1 Å². The summed E-state index contributed by atoms with van der Waals surface area (Å²) in [7, 11) is 2.91. The van der Waals surface area contributed by atoms with E-state index in [1.54, 1.807) is 0 Å². The molecular formula is C16H13F6NO. The summed E-state index contributed by atoms with van der Waals surface area (Å²) in [4.78, 5) is 1.29. The number of rotatable bonds is 3. The third-order valence-electron chi connectivity index (χ3n) is 3.19. The minimum absolute atomic E-state index is 0.0813. The SMILES string of the molecule is CN(C)c1cc(-c2cccc(OC(F)(F)F)c2)ccc1C(F)(F)F. The molecular weight excluding hydrogens is 336 g/mol. The predicted molar refractivity (Wildman–Crippen MR) is 77.9 cm³/mol. The minimum Gasteiger partial charge on any atom is -0.406 e. The summed E-state index contributed by atoms with van der Waals surface area (Å²) in [5.74, 6) is -0.439. The Bertz CT molecular complexity index is 721.